The average Bonchev–Trinajstić information content (AvgIpc) is 2.72. The van der Waals surface area contributed by atoms with Gasteiger partial charge in [0.2, 0.25) is 0 Å². The monoisotopic (exact) mass is 193 g/mol. The summed E-state index contributed by atoms with van der Waals surface area (Å²) in [5.41, 5.74) is 1.27. The Morgan fingerprint density at radius 2 is 2.50 bits per heavy atom. The molecule has 1 unspecified atom stereocenters. The fraction of sp³-hybridized carbons (Fsp3) is 0.636. The largest absolute Gasteiger partial charge is 0.364 e. The van der Waals surface area contributed by atoms with Gasteiger partial charge in [-0.3, -0.25) is 0 Å². The summed E-state index contributed by atoms with van der Waals surface area (Å²) in [6, 6.07) is 5.23. The lowest BCUT2D eigenvalue weighted by atomic mass is 10.1. The molecule has 0 aliphatic carbocycles. The number of aromatic nitrogens is 1. The molecule has 1 aliphatic heterocycles. The lowest BCUT2D eigenvalue weighted by Crippen LogP contribution is -2.44. The molecule has 14 heavy (non-hydrogen) atoms. The van der Waals surface area contributed by atoms with Crippen LogP contribution in [0.5, 0.6) is 0 Å². The Kier molecular flexibility index (Phi) is 3.22. The molecule has 1 fully saturated rings. The average molecular weight is 193 g/mol. The first-order valence-electron chi connectivity index (χ1n) is 5.46. The lowest BCUT2D eigenvalue weighted by molar-refractivity contribution is 0.360. The summed E-state index contributed by atoms with van der Waals surface area (Å²) in [5.74, 6) is 0. The zero-order valence-electron chi connectivity index (χ0n) is 8.72. The quantitative estimate of drug-likeness (QED) is 0.679. The third-order valence-corrected chi connectivity index (χ3v) is 2.87. The van der Waals surface area contributed by atoms with Crippen molar-refractivity contribution in [2.45, 2.75) is 31.8 Å². The second-order valence-electron chi connectivity index (χ2n) is 4.06. The third-order valence-electron chi connectivity index (χ3n) is 2.87. The van der Waals surface area contributed by atoms with Crippen LogP contribution in [-0.4, -0.2) is 24.1 Å². The van der Waals surface area contributed by atoms with E-state index in [1.54, 1.807) is 0 Å². The van der Waals surface area contributed by atoms with Gasteiger partial charge in [0.25, 0.3) is 0 Å². The van der Waals surface area contributed by atoms with Crippen LogP contribution in [-0.2, 0) is 0 Å². The minimum Gasteiger partial charge on any atom is -0.364 e. The Morgan fingerprint density at radius 3 is 3.14 bits per heavy atom. The normalized spacial score (nSPS) is 24.8. The SMILES string of the molecule is CC(N[C@@H]1CCCNC1)c1ccc[nH]1. The molecule has 78 valence electrons. The van der Waals surface area contributed by atoms with E-state index in [1.807, 2.05) is 12.3 Å². The summed E-state index contributed by atoms with van der Waals surface area (Å²) in [6.07, 6.45) is 4.56. The maximum absolute atomic E-state index is 3.63. The molecule has 1 aliphatic rings. The molecule has 2 atom stereocenters. The molecule has 1 aromatic rings. The minimum absolute atomic E-state index is 0.426. The fourth-order valence-corrected chi connectivity index (χ4v) is 2.05. The van der Waals surface area contributed by atoms with Crippen LogP contribution in [0, 0.1) is 0 Å². The zero-order chi connectivity index (χ0) is 9.80. The molecule has 3 N–H and O–H groups in total. The van der Waals surface area contributed by atoms with Crippen molar-refractivity contribution in [2.75, 3.05) is 13.1 Å². The highest BCUT2D eigenvalue weighted by Gasteiger charge is 2.15. The van der Waals surface area contributed by atoms with Crippen LogP contribution in [0.25, 0.3) is 0 Å². The molecule has 0 amide bonds. The topological polar surface area (TPSA) is 39.8 Å². The maximum Gasteiger partial charge on any atom is 0.0446 e. The number of hydrogen-bond acceptors (Lipinski definition) is 2. The highest BCUT2D eigenvalue weighted by atomic mass is 15.0. The number of aromatic amines is 1. The van der Waals surface area contributed by atoms with Crippen molar-refractivity contribution in [3.05, 3.63) is 24.0 Å². The van der Waals surface area contributed by atoms with Crippen LogP contribution in [0.15, 0.2) is 18.3 Å². The summed E-state index contributed by atoms with van der Waals surface area (Å²) in [7, 11) is 0. The van der Waals surface area contributed by atoms with Crippen LogP contribution in [0.4, 0.5) is 0 Å². The molecule has 0 saturated carbocycles. The summed E-state index contributed by atoms with van der Waals surface area (Å²) in [4.78, 5) is 3.24. The summed E-state index contributed by atoms with van der Waals surface area (Å²) >= 11 is 0. The molecule has 0 radical (unpaired) electrons. The minimum atomic E-state index is 0.426. The first kappa shape index (κ1) is 9.74. The molecule has 1 saturated heterocycles. The van der Waals surface area contributed by atoms with Gasteiger partial charge in [-0.15, -0.1) is 0 Å². The smallest absolute Gasteiger partial charge is 0.0446 e. The van der Waals surface area contributed by atoms with Crippen molar-refractivity contribution in [1.82, 2.24) is 15.6 Å². The summed E-state index contributed by atoms with van der Waals surface area (Å²) in [6.45, 7) is 4.49. The van der Waals surface area contributed by atoms with Crippen molar-refractivity contribution in [3.63, 3.8) is 0 Å². The molecule has 0 bridgehead atoms. The van der Waals surface area contributed by atoms with E-state index in [0.29, 0.717) is 12.1 Å². The molecule has 2 rings (SSSR count). The van der Waals surface area contributed by atoms with Gasteiger partial charge < -0.3 is 15.6 Å². The predicted molar refractivity (Wildman–Crippen MR) is 58.2 cm³/mol. The number of rotatable bonds is 3. The van der Waals surface area contributed by atoms with Crippen LogP contribution in [0.2, 0.25) is 0 Å². The first-order chi connectivity index (χ1) is 6.86. The summed E-state index contributed by atoms with van der Waals surface area (Å²) < 4.78 is 0. The highest BCUT2D eigenvalue weighted by Crippen LogP contribution is 2.12. The van der Waals surface area contributed by atoms with Gasteiger partial charge in [0.15, 0.2) is 0 Å². The Morgan fingerprint density at radius 1 is 1.57 bits per heavy atom. The van der Waals surface area contributed by atoms with E-state index < -0.39 is 0 Å². The van der Waals surface area contributed by atoms with E-state index in [4.69, 9.17) is 0 Å². The van der Waals surface area contributed by atoms with Gasteiger partial charge in [-0.1, -0.05) is 0 Å². The van der Waals surface area contributed by atoms with E-state index >= 15 is 0 Å². The first-order valence-corrected chi connectivity index (χ1v) is 5.46. The van der Waals surface area contributed by atoms with Crippen LogP contribution >= 0.6 is 0 Å². The molecule has 3 nitrogen and oxygen atoms in total. The van der Waals surface area contributed by atoms with Crippen molar-refractivity contribution < 1.29 is 0 Å². The van der Waals surface area contributed by atoms with Crippen LogP contribution < -0.4 is 10.6 Å². The van der Waals surface area contributed by atoms with E-state index in [-0.39, 0.29) is 0 Å². The van der Waals surface area contributed by atoms with Crippen LogP contribution in [0.3, 0.4) is 0 Å². The number of hydrogen-bond donors (Lipinski definition) is 3. The van der Waals surface area contributed by atoms with Crippen LogP contribution in [0.1, 0.15) is 31.5 Å². The summed E-state index contributed by atoms with van der Waals surface area (Å²) in [5, 5.41) is 7.04. The van der Waals surface area contributed by atoms with E-state index in [2.05, 4.69) is 28.6 Å². The number of H-pyrrole nitrogens is 1. The Labute approximate surface area is 85.3 Å². The Balaban J connectivity index is 1.84. The Hall–Kier alpha value is -0.800. The predicted octanol–water partition coefficient (Wildman–Crippen LogP) is 1.42. The van der Waals surface area contributed by atoms with E-state index in [9.17, 15) is 0 Å². The van der Waals surface area contributed by atoms with E-state index in [0.717, 1.165) is 6.54 Å². The van der Waals surface area contributed by atoms with E-state index in [1.165, 1.54) is 25.1 Å². The van der Waals surface area contributed by atoms with Crippen molar-refractivity contribution in [3.8, 4) is 0 Å². The lowest BCUT2D eigenvalue weighted by Gasteiger charge is -2.26. The molecule has 3 heteroatoms. The number of piperidine rings is 1. The van der Waals surface area contributed by atoms with Gasteiger partial charge >= 0.3 is 0 Å². The van der Waals surface area contributed by atoms with Crippen molar-refractivity contribution in [2.24, 2.45) is 0 Å². The van der Waals surface area contributed by atoms with Crippen molar-refractivity contribution in [1.29, 1.82) is 0 Å². The van der Waals surface area contributed by atoms with Gasteiger partial charge in [0.05, 0.1) is 0 Å². The fourth-order valence-electron chi connectivity index (χ4n) is 2.05. The molecule has 0 spiro atoms. The van der Waals surface area contributed by atoms with Gasteiger partial charge in [-0.05, 0) is 38.4 Å². The van der Waals surface area contributed by atoms with Crippen molar-refractivity contribution >= 4 is 0 Å². The zero-order valence-corrected chi connectivity index (χ0v) is 8.72. The Bertz CT molecular complexity index is 250. The molecular formula is C11H19N3. The van der Waals surface area contributed by atoms with Gasteiger partial charge in [-0.25, -0.2) is 0 Å². The second kappa shape index (κ2) is 4.62. The molecule has 1 aromatic heterocycles. The third kappa shape index (κ3) is 2.36. The highest BCUT2D eigenvalue weighted by molar-refractivity contribution is 5.08. The molecule has 2 heterocycles. The van der Waals surface area contributed by atoms with Gasteiger partial charge in [0, 0.05) is 30.5 Å². The van der Waals surface area contributed by atoms with Gasteiger partial charge in [-0.2, -0.15) is 0 Å². The number of nitrogens with one attached hydrogen (secondary N) is 3. The molecular weight excluding hydrogens is 174 g/mol. The standard InChI is InChI=1S/C11H19N3/c1-9(11-5-3-7-13-11)14-10-4-2-6-12-8-10/h3,5,7,9-10,12-14H,2,4,6,8H2,1H3/t9?,10-/m1/s1. The molecule has 0 aromatic carbocycles. The van der Waals surface area contributed by atoms with Gasteiger partial charge in [0.1, 0.15) is 0 Å². The maximum atomic E-state index is 3.63. The second-order valence-corrected chi connectivity index (χ2v) is 4.06.